The fraction of sp³-hybridized carbons (Fsp3) is 0.676. The molecule has 0 aliphatic carbocycles. The predicted molar refractivity (Wildman–Crippen MR) is 211 cm³/mol. The van der Waals surface area contributed by atoms with Gasteiger partial charge in [0.2, 0.25) is 0 Å². The van der Waals surface area contributed by atoms with Crippen molar-refractivity contribution in [3.63, 3.8) is 0 Å². The minimum Gasteiger partial charge on any atom is -0.488 e. The molecule has 0 aliphatic rings. The van der Waals surface area contributed by atoms with Crippen LogP contribution < -0.4 is 9.47 Å². The third-order valence-electron chi connectivity index (χ3n) is 8.53. The Labute approximate surface area is 318 Å². The van der Waals surface area contributed by atoms with Crippen molar-refractivity contribution in [3.05, 3.63) is 53.3 Å². The summed E-state index contributed by atoms with van der Waals surface area (Å²) in [5.41, 5.74) is 1.83. The minimum atomic E-state index is -0.573. The molecule has 2 aromatic rings. The fourth-order valence-electron chi connectivity index (χ4n) is 5.46. The number of nitrogens with zero attached hydrogens (tertiary/aromatic N) is 2. The third kappa shape index (κ3) is 14.5. The molecule has 47 heavy (non-hydrogen) atoms. The second kappa shape index (κ2) is 22.6. The largest absolute Gasteiger partial charge is 0.488 e. The molecule has 268 valence electrons. The van der Waals surface area contributed by atoms with Gasteiger partial charge in [0, 0.05) is 18.5 Å². The van der Waals surface area contributed by atoms with Crippen LogP contribution in [0.2, 0.25) is 0 Å². The molecular weight excluding hydrogens is 856 g/mol. The fourth-order valence-corrected chi connectivity index (χ4v) is 8.29. The lowest BCUT2D eigenvalue weighted by Crippen LogP contribution is -2.37. The maximum Gasteiger partial charge on any atom is 0.147 e. The van der Waals surface area contributed by atoms with Crippen LogP contribution in [0.15, 0.2) is 42.2 Å². The summed E-state index contributed by atoms with van der Waals surface area (Å²) in [6.45, 7) is 18.8. The Morgan fingerprint density at radius 3 is 1.11 bits per heavy atom. The van der Waals surface area contributed by atoms with Crippen LogP contribution in [0.3, 0.4) is 0 Å². The molecule has 0 aliphatic heterocycles. The van der Waals surface area contributed by atoms with Gasteiger partial charge in [-0.15, -0.1) is 0 Å². The number of aliphatic hydroxyl groups is 2. The number of aliphatic hydroxyl groups excluding tert-OH is 2. The molecule has 0 heterocycles. The molecule has 0 radical (unpaired) electrons. The quantitative estimate of drug-likeness (QED) is 0.109. The van der Waals surface area contributed by atoms with Crippen molar-refractivity contribution in [3.8, 4) is 11.5 Å². The smallest absolute Gasteiger partial charge is 0.147 e. The zero-order valence-corrected chi connectivity index (χ0v) is 35.7. The molecule has 0 bridgehead atoms. The van der Waals surface area contributed by atoms with E-state index < -0.39 is 12.2 Å². The van der Waals surface area contributed by atoms with Crippen LogP contribution >= 0.6 is 63.7 Å². The molecule has 0 saturated heterocycles. The summed E-state index contributed by atoms with van der Waals surface area (Å²) >= 11 is 15.0. The van der Waals surface area contributed by atoms with Crippen LogP contribution in [0.4, 0.5) is 0 Å². The number of ether oxygens (including phenoxy) is 2. The first-order valence-corrected chi connectivity index (χ1v) is 20.6. The maximum absolute atomic E-state index is 10.8. The SMILES string of the molecule is CCCCN(CCCC)CC(O)COc1c(Br)cc(C(C)(C)c2cc(Br)c(OCC(O)CN(CCCC)CCCC)c(Br)c2)cc1Br. The number of unbranched alkanes of at least 4 members (excludes halogenated alkanes) is 4. The molecule has 0 fully saturated rings. The van der Waals surface area contributed by atoms with Gasteiger partial charge in [-0.3, -0.25) is 0 Å². The Morgan fingerprint density at radius 2 is 0.851 bits per heavy atom. The van der Waals surface area contributed by atoms with Crippen LogP contribution in [-0.4, -0.2) is 84.7 Å². The van der Waals surface area contributed by atoms with E-state index in [2.05, 4.69) is 139 Å². The van der Waals surface area contributed by atoms with Crippen molar-refractivity contribution >= 4 is 63.7 Å². The summed E-state index contributed by atoms with van der Waals surface area (Å²) in [7, 11) is 0. The summed E-state index contributed by atoms with van der Waals surface area (Å²) < 4.78 is 15.6. The monoisotopic (exact) mass is 910 g/mol. The van der Waals surface area contributed by atoms with Gasteiger partial charge in [0.15, 0.2) is 0 Å². The Morgan fingerprint density at radius 1 is 0.574 bits per heavy atom. The molecule has 0 aromatic heterocycles. The minimum absolute atomic E-state index is 0.222. The van der Waals surface area contributed by atoms with Crippen LogP contribution in [-0.2, 0) is 5.41 Å². The standard InChI is InChI=1S/C37H58Br4N2O4/c1-7-11-15-42(16-12-8-2)23-29(44)25-46-35-31(38)19-27(20-32(35)39)37(5,6)28-21-33(40)36(34(41)22-28)47-26-30(45)24-43(17-13-9-3)18-14-10-4/h19-22,29-30,44-45H,7-18,23-26H2,1-6H3. The number of halogens is 4. The predicted octanol–water partition coefficient (Wildman–Crippen LogP) is 10.3. The van der Waals surface area contributed by atoms with Gasteiger partial charge in [-0.25, -0.2) is 0 Å². The highest BCUT2D eigenvalue weighted by molar-refractivity contribution is 9.11. The molecular formula is C37H58Br4N2O4. The molecule has 10 heteroatoms. The van der Waals surface area contributed by atoms with Crippen molar-refractivity contribution in [2.24, 2.45) is 0 Å². The van der Waals surface area contributed by atoms with E-state index in [1.165, 1.54) is 0 Å². The van der Waals surface area contributed by atoms with Gasteiger partial charge in [0.05, 0.1) is 17.9 Å². The lowest BCUT2D eigenvalue weighted by atomic mass is 9.78. The van der Waals surface area contributed by atoms with Crippen molar-refractivity contribution in [2.75, 3.05) is 52.5 Å². The first-order chi connectivity index (χ1) is 22.4. The van der Waals surface area contributed by atoms with Gasteiger partial charge in [-0.05, 0) is 151 Å². The summed E-state index contributed by atoms with van der Waals surface area (Å²) in [6, 6.07) is 8.36. The summed E-state index contributed by atoms with van der Waals surface area (Å²) in [6.07, 6.45) is 7.97. The average molecular weight is 914 g/mol. The number of hydrogen-bond acceptors (Lipinski definition) is 6. The van der Waals surface area contributed by atoms with Crippen molar-refractivity contribution in [1.82, 2.24) is 9.80 Å². The van der Waals surface area contributed by atoms with Crippen molar-refractivity contribution in [2.45, 2.75) is 111 Å². The van der Waals surface area contributed by atoms with E-state index in [4.69, 9.17) is 9.47 Å². The third-order valence-corrected chi connectivity index (χ3v) is 10.9. The lowest BCUT2D eigenvalue weighted by Gasteiger charge is -2.29. The van der Waals surface area contributed by atoms with E-state index in [0.29, 0.717) is 24.6 Å². The maximum atomic E-state index is 10.8. The van der Waals surface area contributed by atoms with Crippen molar-refractivity contribution in [1.29, 1.82) is 0 Å². The molecule has 2 N–H and O–H groups in total. The van der Waals surface area contributed by atoms with Gasteiger partial charge < -0.3 is 29.5 Å². The molecule has 0 saturated carbocycles. The Bertz CT molecular complexity index is 1050. The molecule has 0 amide bonds. The van der Waals surface area contributed by atoms with E-state index in [-0.39, 0.29) is 18.6 Å². The van der Waals surface area contributed by atoms with Gasteiger partial charge in [-0.1, -0.05) is 67.2 Å². The van der Waals surface area contributed by atoms with Gasteiger partial charge >= 0.3 is 0 Å². The van der Waals surface area contributed by atoms with Crippen LogP contribution in [0, 0.1) is 0 Å². The number of rotatable bonds is 24. The van der Waals surface area contributed by atoms with Gasteiger partial charge in [-0.2, -0.15) is 0 Å². The zero-order chi connectivity index (χ0) is 35.0. The molecule has 2 rings (SSSR count). The summed E-state index contributed by atoms with van der Waals surface area (Å²) in [5.74, 6) is 1.37. The summed E-state index contributed by atoms with van der Waals surface area (Å²) in [5, 5.41) is 21.6. The first-order valence-electron chi connectivity index (χ1n) is 17.4. The van der Waals surface area contributed by atoms with Crippen LogP contribution in [0.25, 0.3) is 0 Å². The van der Waals surface area contributed by atoms with Gasteiger partial charge in [0.25, 0.3) is 0 Å². The molecule has 2 unspecified atom stereocenters. The van der Waals surface area contributed by atoms with Gasteiger partial charge in [0.1, 0.15) is 36.9 Å². The van der Waals surface area contributed by atoms with E-state index in [9.17, 15) is 10.2 Å². The highest BCUT2D eigenvalue weighted by atomic mass is 79.9. The normalized spacial score (nSPS) is 13.4. The Hall–Kier alpha value is -0.200. The van der Waals surface area contributed by atoms with E-state index in [1.807, 2.05) is 0 Å². The molecule has 2 atom stereocenters. The van der Waals surface area contributed by atoms with E-state index in [1.54, 1.807) is 0 Å². The Balaban J connectivity index is 2.11. The lowest BCUT2D eigenvalue weighted by molar-refractivity contribution is 0.0665. The highest BCUT2D eigenvalue weighted by Crippen LogP contribution is 2.44. The van der Waals surface area contributed by atoms with E-state index in [0.717, 1.165) is 107 Å². The summed E-state index contributed by atoms with van der Waals surface area (Å²) in [4.78, 5) is 4.70. The topological polar surface area (TPSA) is 65.4 Å². The Kier molecular flexibility index (Phi) is 20.6. The van der Waals surface area contributed by atoms with Crippen molar-refractivity contribution < 1.29 is 19.7 Å². The molecule has 0 spiro atoms. The number of hydrogen-bond donors (Lipinski definition) is 2. The highest BCUT2D eigenvalue weighted by Gasteiger charge is 2.28. The van der Waals surface area contributed by atoms with Crippen LogP contribution in [0.1, 0.15) is 104 Å². The molecule has 6 nitrogen and oxygen atoms in total. The van der Waals surface area contributed by atoms with E-state index >= 15 is 0 Å². The van der Waals surface area contributed by atoms with Crippen LogP contribution in [0.5, 0.6) is 11.5 Å². The number of benzene rings is 2. The second-order valence-corrected chi connectivity index (χ2v) is 16.5. The molecule has 2 aromatic carbocycles. The second-order valence-electron chi connectivity index (χ2n) is 13.1. The first kappa shape index (κ1) is 43.0. The zero-order valence-electron chi connectivity index (χ0n) is 29.4. The average Bonchev–Trinajstić information content (AvgIpc) is 3.02.